The van der Waals surface area contributed by atoms with E-state index in [-0.39, 0.29) is 10.8 Å². The van der Waals surface area contributed by atoms with Gasteiger partial charge in [-0.3, -0.25) is 4.68 Å². The van der Waals surface area contributed by atoms with E-state index in [0.29, 0.717) is 26.2 Å². The Balaban J connectivity index is 2.42. The smallest absolute Gasteiger partial charge is 0.344 e. The molecule has 1 aromatic carbocycles. The van der Waals surface area contributed by atoms with Crippen LogP contribution in [0.1, 0.15) is 18.2 Å². The van der Waals surface area contributed by atoms with Gasteiger partial charge in [-0.25, -0.2) is 4.79 Å². The highest BCUT2D eigenvalue weighted by Crippen LogP contribution is 2.40. The number of rotatable bonds is 6. The summed E-state index contributed by atoms with van der Waals surface area (Å²) in [5.74, 6) is -0.899. The Bertz CT molecular complexity index is 839. The molecule has 0 unspecified atom stereocenters. The van der Waals surface area contributed by atoms with Crippen LogP contribution in [-0.2, 0) is 11.8 Å². The van der Waals surface area contributed by atoms with Crippen molar-refractivity contribution in [3.05, 3.63) is 33.4 Å². The lowest BCUT2D eigenvalue weighted by Gasteiger charge is -2.14. The van der Waals surface area contributed by atoms with Crippen molar-refractivity contribution < 1.29 is 19.8 Å². The fourth-order valence-corrected chi connectivity index (χ4v) is 3.56. The van der Waals surface area contributed by atoms with Gasteiger partial charge in [0.15, 0.2) is 6.10 Å². The molecule has 10 heteroatoms. The van der Waals surface area contributed by atoms with E-state index in [1.54, 1.807) is 24.7 Å². The number of oxime groups is 1. The highest BCUT2D eigenvalue weighted by atomic mass is 35.5. The number of carbonyl (C=O) groups is 1. The predicted octanol–water partition coefficient (Wildman–Crippen LogP) is 3.85. The maximum absolute atomic E-state index is 11.0. The van der Waals surface area contributed by atoms with Gasteiger partial charge >= 0.3 is 5.97 Å². The van der Waals surface area contributed by atoms with Crippen LogP contribution >= 0.6 is 35.0 Å². The lowest BCUT2D eigenvalue weighted by molar-refractivity contribution is -0.144. The number of nitrogens with zero attached hydrogens (tertiary/aromatic N) is 3. The van der Waals surface area contributed by atoms with E-state index in [4.69, 9.17) is 38.3 Å². The molecular weight excluding hydrogens is 389 g/mol. The first kappa shape index (κ1) is 19.4. The molecular formula is C15H15Cl2N3O4S. The van der Waals surface area contributed by atoms with Crippen LogP contribution in [0.3, 0.4) is 0 Å². The third kappa shape index (κ3) is 4.39. The molecule has 7 nitrogen and oxygen atoms in total. The van der Waals surface area contributed by atoms with Crippen LogP contribution < -0.4 is 4.74 Å². The van der Waals surface area contributed by atoms with E-state index in [1.807, 2.05) is 0 Å². The van der Waals surface area contributed by atoms with Gasteiger partial charge < -0.3 is 15.1 Å². The molecule has 2 N–H and O–H groups in total. The molecule has 0 aliphatic rings. The fraction of sp³-hybridized carbons (Fsp3) is 0.267. The van der Waals surface area contributed by atoms with Crippen molar-refractivity contribution >= 4 is 47.1 Å². The highest BCUT2D eigenvalue weighted by molar-refractivity contribution is 7.99. The number of ether oxygens (including phenoxy) is 1. The molecule has 0 saturated carbocycles. The zero-order chi connectivity index (χ0) is 18.7. The van der Waals surface area contributed by atoms with Crippen molar-refractivity contribution in [2.75, 3.05) is 0 Å². The first-order valence-corrected chi connectivity index (χ1v) is 8.59. The second-order valence-electron chi connectivity index (χ2n) is 5.09. The number of halogens is 2. The minimum atomic E-state index is -1.11. The van der Waals surface area contributed by atoms with Crippen LogP contribution in [0.4, 0.5) is 0 Å². The molecule has 1 aromatic heterocycles. The second kappa shape index (κ2) is 7.99. The van der Waals surface area contributed by atoms with Crippen molar-refractivity contribution in [3.8, 4) is 5.75 Å². The average molecular weight is 404 g/mol. The van der Waals surface area contributed by atoms with Gasteiger partial charge in [-0.15, -0.1) is 0 Å². The fourth-order valence-electron chi connectivity index (χ4n) is 2.00. The Hall–Kier alpha value is -1.90. The van der Waals surface area contributed by atoms with Crippen LogP contribution in [0.25, 0.3) is 0 Å². The average Bonchev–Trinajstić information content (AvgIpc) is 2.78. The van der Waals surface area contributed by atoms with E-state index in [2.05, 4.69) is 10.3 Å². The lowest BCUT2D eigenvalue weighted by Crippen LogP contribution is -2.23. The van der Waals surface area contributed by atoms with Gasteiger partial charge in [0.25, 0.3) is 0 Å². The topological polar surface area (TPSA) is 96.9 Å². The molecule has 134 valence electrons. The SMILES string of the molecule is Cc1nn(C)c(Sc2cc(O[C@@H](C)C(=O)O)c(Cl)cc2Cl)c1C=NO. The number of carboxylic acid groups (broad SMARTS) is 1. The summed E-state index contributed by atoms with van der Waals surface area (Å²) in [5.41, 5.74) is 1.33. The number of aryl methyl sites for hydroxylation is 2. The molecule has 2 rings (SSSR count). The molecule has 0 saturated heterocycles. The molecule has 0 radical (unpaired) electrons. The second-order valence-corrected chi connectivity index (χ2v) is 6.93. The molecule has 0 aliphatic heterocycles. The number of aliphatic carboxylic acids is 1. The molecule has 0 amide bonds. The van der Waals surface area contributed by atoms with Crippen LogP contribution in [-0.4, -0.2) is 38.4 Å². The Morgan fingerprint density at radius 1 is 1.44 bits per heavy atom. The van der Waals surface area contributed by atoms with E-state index in [0.717, 1.165) is 0 Å². The summed E-state index contributed by atoms with van der Waals surface area (Å²) in [6, 6.07) is 3.05. The first-order valence-electron chi connectivity index (χ1n) is 7.02. The standard InChI is InChI=1S/C15H15Cl2N3O4S/c1-7-9(6-18-23)14(20(3)19-7)25-13-5-12(10(16)4-11(13)17)24-8(2)15(21)22/h4-6,8,23H,1-3H3,(H,21,22)/t8-/m0/s1. The number of hydrogen-bond donors (Lipinski definition) is 2. The Kier molecular flexibility index (Phi) is 6.21. The summed E-state index contributed by atoms with van der Waals surface area (Å²) in [6.07, 6.45) is 0.228. The normalized spacial score (nSPS) is 12.5. The zero-order valence-electron chi connectivity index (χ0n) is 13.5. The third-order valence-corrected chi connectivity index (χ3v) is 5.20. The van der Waals surface area contributed by atoms with E-state index in [1.165, 1.54) is 31.0 Å². The summed E-state index contributed by atoms with van der Waals surface area (Å²) >= 11 is 13.6. The van der Waals surface area contributed by atoms with Gasteiger partial charge in [0, 0.05) is 11.9 Å². The summed E-state index contributed by atoms with van der Waals surface area (Å²) in [7, 11) is 1.75. The predicted molar refractivity (Wildman–Crippen MR) is 95.6 cm³/mol. The summed E-state index contributed by atoms with van der Waals surface area (Å²) in [4.78, 5) is 11.6. The first-order chi connectivity index (χ1) is 11.7. The number of aromatic nitrogens is 2. The monoisotopic (exact) mass is 403 g/mol. The van der Waals surface area contributed by atoms with Crippen molar-refractivity contribution in [2.24, 2.45) is 12.2 Å². The summed E-state index contributed by atoms with van der Waals surface area (Å²) < 4.78 is 6.99. The summed E-state index contributed by atoms with van der Waals surface area (Å²) in [5, 5.41) is 26.4. The van der Waals surface area contributed by atoms with Crippen LogP contribution in [0.15, 0.2) is 27.2 Å². The van der Waals surface area contributed by atoms with E-state index >= 15 is 0 Å². The van der Waals surface area contributed by atoms with Crippen LogP contribution in [0.5, 0.6) is 5.75 Å². The lowest BCUT2D eigenvalue weighted by atomic mass is 10.3. The Morgan fingerprint density at radius 2 is 2.12 bits per heavy atom. The quantitative estimate of drug-likeness (QED) is 0.431. The Labute approximate surface area is 158 Å². The van der Waals surface area contributed by atoms with E-state index in [9.17, 15) is 4.79 Å². The van der Waals surface area contributed by atoms with Gasteiger partial charge in [0.1, 0.15) is 10.8 Å². The Morgan fingerprint density at radius 3 is 2.72 bits per heavy atom. The van der Waals surface area contributed by atoms with Gasteiger partial charge in [-0.1, -0.05) is 40.1 Å². The minimum Gasteiger partial charge on any atom is -0.479 e. The maximum atomic E-state index is 11.0. The van der Waals surface area contributed by atoms with Crippen molar-refractivity contribution in [2.45, 2.75) is 29.9 Å². The molecule has 1 atom stereocenters. The summed E-state index contributed by atoms with van der Waals surface area (Å²) in [6.45, 7) is 3.19. The number of benzene rings is 1. The van der Waals surface area contributed by atoms with Gasteiger partial charge in [0.2, 0.25) is 0 Å². The van der Waals surface area contributed by atoms with Gasteiger partial charge in [-0.05, 0) is 26.0 Å². The molecule has 1 heterocycles. The van der Waals surface area contributed by atoms with E-state index < -0.39 is 12.1 Å². The number of carboxylic acids is 1. The van der Waals surface area contributed by atoms with Crippen molar-refractivity contribution in [3.63, 3.8) is 0 Å². The molecule has 2 aromatic rings. The molecule has 0 spiro atoms. The molecule has 25 heavy (non-hydrogen) atoms. The van der Waals surface area contributed by atoms with Gasteiger partial charge in [0.05, 0.1) is 27.5 Å². The largest absolute Gasteiger partial charge is 0.479 e. The molecule has 0 aliphatic carbocycles. The molecule has 0 bridgehead atoms. The van der Waals surface area contributed by atoms with Crippen molar-refractivity contribution in [1.82, 2.24) is 9.78 Å². The maximum Gasteiger partial charge on any atom is 0.344 e. The van der Waals surface area contributed by atoms with Crippen LogP contribution in [0, 0.1) is 6.92 Å². The minimum absolute atomic E-state index is 0.208. The molecule has 0 fully saturated rings. The zero-order valence-corrected chi connectivity index (χ0v) is 15.9. The van der Waals surface area contributed by atoms with Gasteiger partial charge in [-0.2, -0.15) is 5.10 Å². The highest BCUT2D eigenvalue weighted by Gasteiger charge is 2.19. The number of hydrogen-bond acceptors (Lipinski definition) is 6. The van der Waals surface area contributed by atoms with Crippen LogP contribution in [0.2, 0.25) is 10.0 Å². The van der Waals surface area contributed by atoms with Crippen molar-refractivity contribution in [1.29, 1.82) is 0 Å². The third-order valence-electron chi connectivity index (χ3n) is 3.25.